The number of nitrogens with zero attached hydrogens (tertiary/aromatic N) is 5. The molecule has 1 aromatic heterocycles. The molecule has 1 unspecified atom stereocenters. The molecule has 0 aromatic carbocycles. The van der Waals surface area contributed by atoms with Gasteiger partial charge in [-0.05, 0) is 13.3 Å². The van der Waals surface area contributed by atoms with E-state index >= 15 is 0 Å². The Kier molecular flexibility index (Phi) is 4.86. The number of piperazine rings is 1. The molecular weight excluding hydrogens is 342 g/mol. The van der Waals surface area contributed by atoms with Crippen molar-refractivity contribution in [3.05, 3.63) is 11.8 Å². The molecule has 0 saturated carbocycles. The smallest absolute Gasteiger partial charge is 0.227 e. The van der Waals surface area contributed by atoms with E-state index in [1.807, 2.05) is 29.8 Å². The number of carbonyl (C=O) groups excluding carboxylic acids is 1. The van der Waals surface area contributed by atoms with Gasteiger partial charge in [0.15, 0.2) is 9.84 Å². The highest BCUT2D eigenvalue weighted by Crippen LogP contribution is 2.23. The van der Waals surface area contributed by atoms with Gasteiger partial charge >= 0.3 is 0 Å². The lowest BCUT2D eigenvalue weighted by Gasteiger charge is -2.35. The summed E-state index contributed by atoms with van der Waals surface area (Å²) in [6, 6.07) is 1.86. The Morgan fingerprint density at radius 1 is 1.24 bits per heavy atom. The molecular formula is C16H25N5O3S. The van der Waals surface area contributed by atoms with Crippen LogP contribution in [0, 0.1) is 6.92 Å². The fourth-order valence-corrected chi connectivity index (χ4v) is 5.13. The minimum Gasteiger partial charge on any atom is -0.353 e. The summed E-state index contributed by atoms with van der Waals surface area (Å²) in [6.45, 7) is 6.34. The Morgan fingerprint density at radius 2 is 1.92 bits per heavy atom. The van der Waals surface area contributed by atoms with Gasteiger partial charge in [0.25, 0.3) is 0 Å². The van der Waals surface area contributed by atoms with Crippen molar-refractivity contribution >= 4 is 27.5 Å². The van der Waals surface area contributed by atoms with Gasteiger partial charge in [-0.3, -0.25) is 4.79 Å². The first-order valence-electron chi connectivity index (χ1n) is 8.54. The highest BCUT2D eigenvalue weighted by Gasteiger charge is 2.32. The van der Waals surface area contributed by atoms with Crippen molar-refractivity contribution in [2.75, 3.05) is 54.5 Å². The van der Waals surface area contributed by atoms with Gasteiger partial charge in [0, 0.05) is 58.0 Å². The maximum Gasteiger partial charge on any atom is 0.227 e. The van der Waals surface area contributed by atoms with Gasteiger partial charge in [0.1, 0.15) is 5.82 Å². The van der Waals surface area contributed by atoms with Crippen molar-refractivity contribution in [1.29, 1.82) is 0 Å². The average molecular weight is 367 g/mol. The SMILES string of the molecule is CC(=O)N1CCN(c2cc(C)nc(N(C)C3CCS(=O)(=O)C3)n2)CC1. The second kappa shape index (κ2) is 6.78. The molecule has 2 aliphatic rings. The second-order valence-electron chi connectivity index (χ2n) is 6.83. The molecule has 2 saturated heterocycles. The Morgan fingerprint density at radius 3 is 2.48 bits per heavy atom. The number of sulfone groups is 1. The van der Waals surface area contributed by atoms with Crippen molar-refractivity contribution in [2.45, 2.75) is 26.3 Å². The van der Waals surface area contributed by atoms with Crippen LogP contribution in [0.5, 0.6) is 0 Å². The monoisotopic (exact) mass is 367 g/mol. The summed E-state index contributed by atoms with van der Waals surface area (Å²) < 4.78 is 23.5. The number of rotatable bonds is 3. The Hall–Kier alpha value is -1.90. The molecule has 0 bridgehead atoms. The van der Waals surface area contributed by atoms with E-state index in [0.717, 1.165) is 24.6 Å². The Labute approximate surface area is 148 Å². The molecule has 3 rings (SSSR count). The average Bonchev–Trinajstić information content (AvgIpc) is 2.93. The van der Waals surface area contributed by atoms with Crippen LogP contribution in [0.25, 0.3) is 0 Å². The lowest BCUT2D eigenvalue weighted by atomic mass is 10.2. The highest BCUT2D eigenvalue weighted by molar-refractivity contribution is 7.91. The number of amides is 1. The zero-order valence-electron chi connectivity index (χ0n) is 15.0. The van der Waals surface area contributed by atoms with E-state index < -0.39 is 9.84 Å². The molecule has 25 heavy (non-hydrogen) atoms. The number of aromatic nitrogens is 2. The van der Waals surface area contributed by atoms with Crippen LogP contribution in [-0.4, -0.2) is 80.0 Å². The van der Waals surface area contributed by atoms with E-state index in [4.69, 9.17) is 0 Å². The maximum atomic E-state index is 11.7. The summed E-state index contributed by atoms with van der Waals surface area (Å²) in [5.74, 6) is 1.88. The van der Waals surface area contributed by atoms with Gasteiger partial charge in [0.2, 0.25) is 11.9 Å². The fraction of sp³-hybridized carbons (Fsp3) is 0.688. The Bertz CT molecular complexity index is 759. The summed E-state index contributed by atoms with van der Waals surface area (Å²) in [6.07, 6.45) is 0.614. The zero-order valence-corrected chi connectivity index (χ0v) is 15.8. The van der Waals surface area contributed by atoms with Crippen LogP contribution >= 0.6 is 0 Å². The normalized spacial score (nSPS) is 22.9. The van der Waals surface area contributed by atoms with Gasteiger partial charge in [-0.1, -0.05) is 0 Å². The summed E-state index contributed by atoms with van der Waals surface area (Å²) in [5.41, 5.74) is 0.849. The first-order chi connectivity index (χ1) is 11.7. The van der Waals surface area contributed by atoms with Gasteiger partial charge < -0.3 is 14.7 Å². The zero-order chi connectivity index (χ0) is 18.2. The quantitative estimate of drug-likeness (QED) is 0.747. The summed E-state index contributed by atoms with van der Waals surface area (Å²) >= 11 is 0. The number of anilines is 2. The van der Waals surface area contributed by atoms with Crippen molar-refractivity contribution in [1.82, 2.24) is 14.9 Å². The molecule has 0 spiro atoms. The van der Waals surface area contributed by atoms with Crippen molar-refractivity contribution in [3.63, 3.8) is 0 Å². The van der Waals surface area contributed by atoms with Crippen molar-refractivity contribution in [3.8, 4) is 0 Å². The van der Waals surface area contributed by atoms with Crippen LogP contribution in [0.4, 0.5) is 11.8 Å². The summed E-state index contributed by atoms with van der Waals surface area (Å²) in [5, 5.41) is 0. The molecule has 1 aromatic rings. The van der Waals surface area contributed by atoms with Gasteiger partial charge in [0.05, 0.1) is 11.5 Å². The minimum absolute atomic E-state index is 0.0748. The molecule has 138 valence electrons. The lowest BCUT2D eigenvalue weighted by Crippen LogP contribution is -2.48. The van der Waals surface area contributed by atoms with Crippen molar-refractivity contribution < 1.29 is 13.2 Å². The molecule has 1 atom stereocenters. The van der Waals surface area contributed by atoms with E-state index in [1.165, 1.54) is 0 Å². The Balaban J connectivity index is 1.76. The highest BCUT2D eigenvalue weighted by atomic mass is 32.2. The molecule has 1 amide bonds. The number of aryl methyl sites for hydroxylation is 1. The van der Waals surface area contributed by atoms with Gasteiger partial charge in [-0.15, -0.1) is 0 Å². The first kappa shape index (κ1) is 17.9. The molecule has 0 aliphatic carbocycles. The minimum atomic E-state index is -2.95. The van der Waals surface area contributed by atoms with Crippen LogP contribution in [0.2, 0.25) is 0 Å². The van der Waals surface area contributed by atoms with E-state index in [9.17, 15) is 13.2 Å². The summed E-state index contributed by atoms with van der Waals surface area (Å²) in [4.78, 5) is 26.5. The number of hydrogen-bond acceptors (Lipinski definition) is 7. The molecule has 2 fully saturated rings. The lowest BCUT2D eigenvalue weighted by molar-refractivity contribution is -0.129. The van der Waals surface area contributed by atoms with E-state index in [1.54, 1.807) is 6.92 Å². The van der Waals surface area contributed by atoms with Crippen LogP contribution in [0.15, 0.2) is 6.07 Å². The van der Waals surface area contributed by atoms with Gasteiger partial charge in [-0.25, -0.2) is 13.4 Å². The number of carbonyl (C=O) groups is 1. The van der Waals surface area contributed by atoms with E-state index in [2.05, 4.69) is 14.9 Å². The van der Waals surface area contributed by atoms with Crippen LogP contribution in [0.1, 0.15) is 19.0 Å². The van der Waals surface area contributed by atoms with E-state index in [-0.39, 0.29) is 23.5 Å². The third kappa shape index (κ3) is 4.02. The molecule has 8 nitrogen and oxygen atoms in total. The largest absolute Gasteiger partial charge is 0.353 e. The molecule has 9 heteroatoms. The van der Waals surface area contributed by atoms with Crippen LogP contribution in [-0.2, 0) is 14.6 Å². The topological polar surface area (TPSA) is 86.7 Å². The second-order valence-corrected chi connectivity index (χ2v) is 9.06. The fourth-order valence-electron chi connectivity index (χ4n) is 3.35. The maximum absolute atomic E-state index is 11.7. The molecule has 3 heterocycles. The van der Waals surface area contributed by atoms with Crippen LogP contribution in [0.3, 0.4) is 0 Å². The number of hydrogen-bond donors (Lipinski definition) is 0. The predicted octanol–water partition coefficient (Wildman–Crippen LogP) is 0.0768. The molecule has 2 aliphatic heterocycles. The summed E-state index contributed by atoms with van der Waals surface area (Å²) in [7, 11) is -1.09. The molecule has 0 radical (unpaired) electrons. The third-order valence-corrected chi connectivity index (χ3v) is 6.70. The van der Waals surface area contributed by atoms with Crippen LogP contribution < -0.4 is 9.80 Å². The van der Waals surface area contributed by atoms with Crippen molar-refractivity contribution in [2.24, 2.45) is 0 Å². The standard InChI is InChI=1S/C16H25N5O3S/c1-12-10-15(21-7-5-20(6-8-21)13(2)22)18-16(17-12)19(3)14-4-9-25(23,24)11-14/h10,14H,4-9,11H2,1-3H3. The first-order valence-corrected chi connectivity index (χ1v) is 10.4. The predicted molar refractivity (Wildman–Crippen MR) is 96.7 cm³/mol. The molecule has 0 N–H and O–H groups in total. The third-order valence-electron chi connectivity index (χ3n) is 4.95. The van der Waals surface area contributed by atoms with Gasteiger partial charge in [-0.2, -0.15) is 4.98 Å². The van der Waals surface area contributed by atoms with E-state index in [0.29, 0.717) is 25.5 Å².